The van der Waals surface area contributed by atoms with Crippen molar-refractivity contribution < 1.29 is 9.59 Å². The number of amides is 3. The van der Waals surface area contributed by atoms with Crippen LogP contribution in [-0.2, 0) is 4.79 Å². The summed E-state index contributed by atoms with van der Waals surface area (Å²) in [6.07, 6.45) is 7.13. The van der Waals surface area contributed by atoms with Gasteiger partial charge in [-0.1, -0.05) is 25.3 Å². The van der Waals surface area contributed by atoms with Gasteiger partial charge < -0.3 is 15.1 Å². The van der Waals surface area contributed by atoms with Crippen molar-refractivity contribution in [3.8, 4) is 6.07 Å². The van der Waals surface area contributed by atoms with E-state index in [1.807, 2.05) is 17.0 Å². The maximum absolute atomic E-state index is 12.7. The number of carbonyl (C=O) groups excluding carboxylic acids is 2. The number of nitriles is 1. The maximum Gasteiger partial charge on any atom is 0.317 e. The van der Waals surface area contributed by atoms with Gasteiger partial charge in [0.25, 0.3) is 0 Å². The monoisotopic (exact) mass is 366 g/mol. The Labute approximate surface area is 160 Å². The molecule has 3 aliphatic rings. The van der Waals surface area contributed by atoms with Gasteiger partial charge in [-0.2, -0.15) is 5.26 Å². The molecule has 0 radical (unpaired) electrons. The van der Waals surface area contributed by atoms with Gasteiger partial charge in [0.05, 0.1) is 11.6 Å². The highest BCUT2D eigenvalue weighted by Gasteiger charge is 2.49. The summed E-state index contributed by atoms with van der Waals surface area (Å²) in [7, 11) is 0. The summed E-state index contributed by atoms with van der Waals surface area (Å²) < 4.78 is 0. The molecule has 1 N–H and O–H groups in total. The molecule has 0 bridgehead atoms. The summed E-state index contributed by atoms with van der Waals surface area (Å²) in [6.45, 7) is 1.96. The van der Waals surface area contributed by atoms with E-state index >= 15 is 0 Å². The van der Waals surface area contributed by atoms with Gasteiger partial charge in [0.15, 0.2) is 0 Å². The molecule has 3 fully saturated rings. The molecule has 1 aliphatic carbocycles. The molecule has 1 spiro atoms. The van der Waals surface area contributed by atoms with E-state index in [0.29, 0.717) is 37.7 Å². The SMILES string of the molecule is N#Cc1cccc(N2C[C@@]3(CCN(C(=O)NC4CCCCC4)C3)CC2=O)c1. The van der Waals surface area contributed by atoms with Gasteiger partial charge in [0.2, 0.25) is 5.91 Å². The minimum atomic E-state index is -0.163. The fraction of sp³-hybridized carbons (Fsp3) is 0.571. The number of carbonyl (C=O) groups is 2. The van der Waals surface area contributed by atoms with E-state index < -0.39 is 0 Å². The molecular formula is C21H26N4O2. The molecule has 1 aromatic carbocycles. The third-order valence-electron chi connectivity index (χ3n) is 6.27. The fourth-order valence-electron chi connectivity index (χ4n) is 4.77. The lowest BCUT2D eigenvalue weighted by Gasteiger charge is -2.27. The van der Waals surface area contributed by atoms with Crippen LogP contribution < -0.4 is 10.2 Å². The Morgan fingerprint density at radius 2 is 2.04 bits per heavy atom. The standard InChI is InChI=1S/C21H26N4O2/c22-13-16-5-4-8-18(11-16)25-15-21(12-19(25)26)9-10-24(14-21)20(27)23-17-6-2-1-3-7-17/h4-5,8,11,17H,1-3,6-7,9-10,12,14-15H2,(H,23,27)/t21-/m0/s1. The van der Waals surface area contributed by atoms with Crippen LogP contribution in [0.5, 0.6) is 0 Å². The predicted molar refractivity (Wildman–Crippen MR) is 102 cm³/mol. The zero-order valence-corrected chi connectivity index (χ0v) is 15.6. The quantitative estimate of drug-likeness (QED) is 0.874. The second kappa shape index (κ2) is 7.22. The Hall–Kier alpha value is -2.55. The van der Waals surface area contributed by atoms with Crippen LogP contribution in [0.1, 0.15) is 50.5 Å². The van der Waals surface area contributed by atoms with Crippen LogP contribution in [0.15, 0.2) is 24.3 Å². The van der Waals surface area contributed by atoms with Gasteiger partial charge in [0.1, 0.15) is 0 Å². The molecule has 2 saturated heterocycles. The lowest BCUT2D eigenvalue weighted by atomic mass is 9.86. The van der Waals surface area contributed by atoms with E-state index in [2.05, 4.69) is 11.4 Å². The zero-order chi connectivity index (χ0) is 18.9. The average molecular weight is 366 g/mol. The molecule has 2 aliphatic heterocycles. The minimum absolute atomic E-state index is 0.0242. The molecule has 142 valence electrons. The van der Waals surface area contributed by atoms with Gasteiger partial charge in [-0.15, -0.1) is 0 Å². The predicted octanol–water partition coefficient (Wildman–Crippen LogP) is 3.03. The number of rotatable bonds is 2. The molecule has 2 heterocycles. The van der Waals surface area contributed by atoms with Crippen LogP contribution in [0.2, 0.25) is 0 Å². The molecule has 1 saturated carbocycles. The summed E-state index contributed by atoms with van der Waals surface area (Å²) in [6, 6.07) is 9.65. The first kappa shape index (κ1) is 17.8. The van der Waals surface area contributed by atoms with E-state index in [9.17, 15) is 9.59 Å². The third-order valence-corrected chi connectivity index (χ3v) is 6.27. The van der Waals surface area contributed by atoms with Crippen LogP contribution in [0.3, 0.4) is 0 Å². The Balaban J connectivity index is 1.40. The molecule has 4 rings (SSSR count). The highest BCUT2D eigenvalue weighted by Crippen LogP contribution is 2.42. The second-order valence-electron chi connectivity index (χ2n) is 8.27. The van der Waals surface area contributed by atoms with E-state index in [-0.39, 0.29) is 17.4 Å². The second-order valence-corrected chi connectivity index (χ2v) is 8.27. The van der Waals surface area contributed by atoms with E-state index in [1.54, 1.807) is 17.0 Å². The first-order valence-corrected chi connectivity index (χ1v) is 9.95. The smallest absolute Gasteiger partial charge is 0.317 e. The summed E-state index contributed by atoms with van der Waals surface area (Å²) in [5, 5.41) is 12.3. The van der Waals surface area contributed by atoms with Crippen molar-refractivity contribution in [1.29, 1.82) is 5.26 Å². The number of urea groups is 1. The zero-order valence-electron chi connectivity index (χ0n) is 15.6. The third kappa shape index (κ3) is 3.64. The normalized spacial score (nSPS) is 25.8. The molecule has 0 unspecified atom stereocenters. The fourth-order valence-corrected chi connectivity index (χ4v) is 4.77. The van der Waals surface area contributed by atoms with Crippen molar-refractivity contribution in [2.75, 3.05) is 24.5 Å². The molecular weight excluding hydrogens is 340 g/mol. The van der Waals surface area contributed by atoms with Gasteiger partial charge in [-0.05, 0) is 37.5 Å². The van der Waals surface area contributed by atoms with E-state index in [4.69, 9.17) is 5.26 Å². The number of nitrogens with one attached hydrogen (secondary N) is 1. The lowest BCUT2D eigenvalue weighted by Crippen LogP contribution is -2.45. The van der Waals surface area contributed by atoms with Crippen molar-refractivity contribution >= 4 is 17.6 Å². The van der Waals surface area contributed by atoms with Crippen molar-refractivity contribution in [3.05, 3.63) is 29.8 Å². The highest BCUT2D eigenvalue weighted by atomic mass is 16.2. The molecule has 0 aromatic heterocycles. The minimum Gasteiger partial charge on any atom is -0.335 e. The molecule has 3 amide bonds. The lowest BCUT2D eigenvalue weighted by molar-refractivity contribution is -0.117. The Morgan fingerprint density at radius 3 is 2.81 bits per heavy atom. The average Bonchev–Trinajstić information content (AvgIpc) is 3.25. The Kier molecular flexibility index (Phi) is 4.77. The highest BCUT2D eigenvalue weighted by molar-refractivity contribution is 5.96. The van der Waals surface area contributed by atoms with Gasteiger partial charge >= 0.3 is 6.03 Å². The van der Waals surface area contributed by atoms with Crippen molar-refractivity contribution in [2.24, 2.45) is 5.41 Å². The Bertz CT molecular complexity index is 781. The summed E-state index contributed by atoms with van der Waals surface area (Å²) in [4.78, 5) is 29.0. The van der Waals surface area contributed by atoms with E-state index in [1.165, 1.54) is 19.3 Å². The molecule has 6 nitrogen and oxygen atoms in total. The van der Waals surface area contributed by atoms with Gasteiger partial charge in [-0.3, -0.25) is 4.79 Å². The first-order chi connectivity index (χ1) is 13.1. The summed E-state index contributed by atoms with van der Waals surface area (Å²) in [5.41, 5.74) is 1.17. The summed E-state index contributed by atoms with van der Waals surface area (Å²) in [5.74, 6) is 0.0830. The topological polar surface area (TPSA) is 76.4 Å². The van der Waals surface area contributed by atoms with Crippen molar-refractivity contribution in [3.63, 3.8) is 0 Å². The van der Waals surface area contributed by atoms with Crippen molar-refractivity contribution in [2.45, 2.75) is 51.0 Å². The number of hydrogen-bond donors (Lipinski definition) is 1. The van der Waals surface area contributed by atoms with Gasteiger partial charge in [0, 0.05) is 43.2 Å². The number of anilines is 1. The number of hydrogen-bond acceptors (Lipinski definition) is 3. The maximum atomic E-state index is 12.7. The summed E-state index contributed by atoms with van der Waals surface area (Å²) >= 11 is 0. The number of likely N-dealkylation sites (tertiary alicyclic amines) is 1. The van der Waals surface area contributed by atoms with Crippen LogP contribution in [0.25, 0.3) is 0 Å². The number of nitrogens with zero attached hydrogens (tertiary/aromatic N) is 3. The van der Waals surface area contributed by atoms with E-state index in [0.717, 1.165) is 24.9 Å². The number of benzene rings is 1. The Morgan fingerprint density at radius 1 is 1.22 bits per heavy atom. The van der Waals surface area contributed by atoms with Crippen LogP contribution in [-0.4, -0.2) is 42.5 Å². The molecule has 1 atom stereocenters. The van der Waals surface area contributed by atoms with Crippen LogP contribution in [0, 0.1) is 16.7 Å². The molecule has 6 heteroatoms. The largest absolute Gasteiger partial charge is 0.335 e. The van der Waals surface area contributed by atoms with Crippen LogP contribution in [0.4, 0.5) is 10.5 Å². The molecule has 27 heavy (non-hydrogen) atoms. The van der Waals surface area contributed by atoms with Crippen LogP contribution >= 0.6 is 0 Å². The van der Waals surface area contributed by atoms with Crippen molar-refractivity contribution in [1.82, 2.24) is 10.2 Å². The molecule has 1 aromatic rings. The first-order valence-electron chi connectivity index (χ1n) is 9.95. The van der Waals surface area contributed by atoms with Gasteiger partial charge in [-0.25, -0.2) is 4.79 Å².